The van der Waals surface area contributed by atoms with E-state index in [0.717, 1.165) is 11.1 Å². The maximum atomic E-state index is 11.9. The van der Waals surface area contributed by atoms with Crippen LogP contribution >= 0.6 is 15.9 Å². The molecule has 1 aromatic carbocycles. The molecule has 17 heavy (non-hydrogen) atoms. The zero-order valence-corrected chi connectivity index (χ0v) is 12.3. The first-order chi connectivity index (χ1) is 7.77. The summed E-state index contributed by atoms with van der Waals surface area (Å²) in [6.07, 6.45) is 0.130. The number of aryl methyl sites for hydroxylation is 1. The third-order valence-electron chi connectivity index (χ3n) is 2.46. The summed E-state index contributed by atoms with van der Waals surface area (Å²) in [6, 6.07) is 3.04. The Morgan fingerprint density at radius 3 is 2.41 bits per heavy atom. The van der Waals surface area contributed by atoms with E-state index in [-0.39, 0.29) is 11.3 Å². The fraction of sp³-hybridized carbons (Fsp3) is 0.364. The van der Waals surface area contributed by atoms with Gasteiger partial charge < -0.3 is 0 Å². The zero-order valence-electron chi connectivity index (χ0n) is 9.87. The summed E-state index contributed by atoms with van der Waals surface area (Å²) in [4.78, 5) is 11.2. The van der Waals surface area contributed by atoms with E-state index in [0.29, 0.717) is 4.47 Å². The van der Waals surface area contributed by atoms with Crippen molar-refractivity contribution in [3.05, 3.63) is 27.7 Å². The summed E-state index contributed by atoms with van der Waals surface area (Å²) >= 11 is 3.30. The second-order valence-corrected chi connectivity index (χ2v) is 6.27. The Labute approximate surface area is 110 Å². The van der Waals surface area contributed by atoms with Crippen LogP contribution in [0.4, 0.5) is 0 Å². The van der Waals surface area contributed by atoms with Gasteiger partial charge in [-0.25, -0.2) is 13.1 Å². The van der Waals surface area contributed by atoms with Crippen molar-refractivity contribution in [1.82, 2.24) is 4.72 Å². The minimum Gasteiger partial charge on any atom is -0.274 e. The van der Waals surface area contributed by atoms with Crippen molar-refractivity contribution in [3.63, 3.8) is 0 Å². The molecule has 0 saturated carbocycles. The first kappa shape index (κ1) is 14.2. The maximum absolute atomic E-state index is 11.9. The Bertz CT molecular complexity index is 529. The molecule has 0 aliphatic heterocycles. The molecule has 0 unspecified atom stereocenters. The quantitative estimate of drug-likeness (QED) is 0.929. The van der Waals surface area contributed by atoms with E-state index < -0.39 is 15.9 Å². The highest BCUT2D eigenvalue weighted by molar-refractivity contribution is 9.10. The fourth-order valence-corrected chi connectivity index (χ4v) is 3.10. The van der Waals surface area contributed by atoms with E-state index in [1.54, 1.807) is 13.0 Å². The predicted molar refractivity (Wildman–Crippen MR) is 69.2 cm³/mol. The summed E-state index contributed by atoms with van der Waals surface area (Å²) in [5.74, 6) is -0.514. The lowest BCUT2D eigenvalue weighted by molar-refractivity contribution is -0.119. The van der Waals surface area contributed by atoms with Crippen molar-refractivity contribution in [1.29, 1.82) is 0 Å². The van der Waals surface area contributed by atoms with E-state index in [9.17, 15) is 13.2 Å². The smallest absolute Gasteiger partial charge is 0.264 e. The van der Waals surface area contributed by atoms with Crippen LogP contribution < -0.4 is 4.72 Å². The van der Waals surface area contributed by atoms with Crippen LogP contribution in [0.2, 0.25) is 0 Å². The topological polar surface area (TPSA) is 63.2 Å². The molecule has 6 heteroatoms. The molecule has 0 saturated heterocycles. The van der Waals surface area contributed by atoms with Crippen LogP contribution in [0.3, 0.4) is 0 Å². The van der Waals surface area contributed by atoms with Crippen molar-refractivity contribution in [3.8, 4) is 0 Å². The van der Waals surface area contributed by atoms with Gasteiger partial charge in [0, 0.05) is 10.9 Å². The van der Waals surface area contributed by atoms with Gasteiger partial charge in [0.1, 0.15) is 0 Å². The standard InChI is InChI=1S/C11H14BrNO3S/c1-4-11(14)13-17(15,16)9-5-7(2)8(3)10(12)6-9/h5-6H,4H2,1-3H3,(H,13,14). The third kappa shape index (κ3) is 3.29. The van der Waals surface area contributed by atoms with Crippen molar-refractivity contribution in [2.24, 2.45) is 0 Å². The van der Waals surface area contributed by atoms with Gasteiger partial charge in [-0.3, -0.25) is 4.79 Å². The monoisotopic (exact) mass is 319 g/mol. The number of hydrogen-bond donors (Lipinski definition) is 1. The Morgan fingerprint density at radius 1 is 1.35 bits per heavy atom. The van der Waals surface area contributed by atoms with Crippen LogP contribution in [-0.2, 0) is 14.8 Å². The van der Waals surface area contributed by atoms with E-state index in [4.69, 9.17) is 0 Å². The maximum Gasteiger partial charge on any atom is 0.264 e. The molecule has 0 spiro atoms. The molecule has 1 rings (SSSR count). The lowest BCUT2D eigenvalue weighted by Gasteiger charge is -2.09. The molecule has 0 bridgehead atoms. The number of hydrogen-bond acceptors (Lipinski definition) is 3. The fourth-order valence-electron chi connectivity index (χ4n) is 1.22. The summed E-state index contributed by atoms with van der Waals surface area (Å²) in [6.45, 7) is 5.31. The normalized spacial score (nSPS) is 11.3. The van der Waals surface area contributed by atoms with Crippen LogP contribution in [0.25, 0.3) is 0 Å². The van der Waals surface area contributed by atoms with Gasteiger partial charge in [0.05, 0.1) is 4.90 Å². The summed E-state index contributed by atoms with van der Waals surface area (Å²) < 4.78 is 26.4. The predicted octanol–water partition coefficient (Wildman–Crippen LogP) is 2.28. The van der Waals surface area contributed by atoms with Gasteiger partial charge in [0.25, 0.3) is 10.0 Å². The van der Waals surface area contributed by atoms with E-state index in [2.05, 4.69) is 15.9 Å². The van der Waals surface area contributed by atoms with Crippen molar-refractivity contribution in [2.75, 3.05) is 0 Å². The molecule has 1 amide bonds. The molecule has 1 N–H and O–H groups in total. The van der Waals surface area contributed by atoms with Crippen LogP contribution in [0.5, 0.6) is 0 Å². The highest BCUT2D eigenvalue weighted by Gasteiger charge is 2.18. The number of benzene rings is 1. The number of amides is 1. The molecule has 0 heterocycles. The van der Waals surface area contributed by atoms with Crippen molar-refractivity contribution >= 4 is 31.9 Å². The number of rotatable bonds is 3. The average Bonchev–Trinajstić information content (AvgIpc) is 2.24. The van der Waals surface area contributed by atoms with Gasteiger partial charge in [0.2, 0.25) is 5.91 Å². The highest BCUT2D eigenvalue weighted by Crippen LogP contribution is 2.24. The zero-order chi connectivity index (χ0) is 13.2. The number of carbonyl (C=O) groups is 1. The van der Waals surface area contributed by atoms with Gasteiger partial charge >= 0.3 is 0 Å². The van der Waals surface area contributed by atoms with E-state index in [1.165, 1.54) is 6.07 Å². The average molecular weight is 320 g/mol. The van der Waals surface area contributed by atoms with Crippen LogP contribution in [0.15, 0.2) is 21.5 Å². The van der Waals surface area contributed by atoms with E-state index >= 15 is 0 Å². The van der Waals surface area contributed by atoms with Crippen molar-refractivity contribution in [2.45, 2.75) is 32.1 Å². The summed E-state index contributed by atoms with van der Waals surface area (Å²) in [7, 11) is -3.76. The highest BCUT2D eigenvalue weighted by atomic mass is 79.9. The van der Waals surface area contributed by atoms with Gasteiger partial charge in [-0.15, -0.1) is 0 Å². The Morgan fingerprint density at radius 2 is 1.94 bits per heavy atom. The Kier molecular flexibility index (Phi) is 4.32. The Hall–Kier alpha value is -0.880. The van der Waals surface area contributed by atoms with Crippen LogP contribution in [-0.4, -0.2) is 14.3 Å². The SMILES string of the molecule is CCC(=O)NS(=O)(=O)c1cc(C)c(C)c(Br)c1. The van der Waals surface area contributed by atoms with E-state index in [1.807, 2.05) is 18.6 Å². The van der Waals surface area contributed by atoms with Crippen LogP contribution in [0, 0.1) is 13.8 Å². The molecule has 0 atom stereocenters. The number of halogens is 1. The first-order valence-electron chi connectivity index (χ1n) is 5.10. The van der Waals surface area contributed by atoms with Gasteiger partial charge in [-0.2, -0.15) is 0 Å². The Balaban J connectivity index is 3.21. The molecule has 0 aliphatic carbocycles. The number of nitrogens with one attached hydrogen (secondary N) is 1. The van der Waals surface area contributed by atoms with Gasteiger partial charge in [0.15, 0.2) is 0 Å². The molecule has 94 valence electrons. The number of carbonyl (C=O) groups excluding carboxylic acids is 1. The molecular weight excluding hydrogens is 306 g/mol. The summed E-state index contributed by atoms with van der Waals surface area (Å²) in [5, 5.41) is 0. The molecule has 1 aromatic rings. The van der Waals surface area contributed by atoms with Gasteiger partial charge in [-0.1, -0.05) is 22.9 Å². The molecular formula is C11H14BrNO3S. The largest absolute Gasteiger partial charge is 0.274 e. The van der Waals surface area contributed by atoms with Crippen molar-refractivity contribution < 1.29 is 13.2 Å². The lowest BCUT2D eigenvalue weighted by atomic mass is 10.1. The minimum absolute atomic E-state index is 0.0919. The third-order valence-corrected chi connectivity index (χ3v) is 4.63. The minimum atomic E-state index is -3.76. The molecule has 0 aliphatic rings. The molecule has 4 nitrogen and oxygen atoms in total. The molecule has 0 radical (unpaired) electrons. The van der Waals surface area contributed by atoms with Gasteiger partial charge in [-0.05, 0) is 37.1 Å². The first-order valence-corrected chi connectivity index (χ1v) is 7.38. The van der Waals surface area contributed by atoms with Crippen LogP contribution in [0.1, 0.15) is 24.5 Å². The number of sulfonamides is 1. The summed E-state index contributed by atoms with van der Waals surface area (Å²) in [5.41, 5.74) is 1.83. The lowest BCUT2D eigenvalue weighted by Crippen LogP contribution is -2.29. The second-order valence-electron chi connectivity index (χ2n) is 3.73. The molecule has 0 fully saturated rings. The molecule has 0 aromatic heterocycles. The second kappa shape index (κ2) is 5.18.